The zero-order valence-electron chi connectivity index (χ0n) is 13.3. The van der Waals surface area contributed by atoms with E-state index in [1.165, 1.54) is 0 Å². The first-order chi connectivity index (χ1) is 11.7. The van der Waals surface area contributed by atoms with Crippen LogP contribution in [0.3, 0.4) is 0 Å². The fraction of sp³-hybridized carbons (Fsp3) is 0.100. The molecule has 2 aromatic carbocycles. The summed E-state index contributed by atoms with van der Waals surface area (Å²) in [6, 6.07) is 19.2. The number of benzene rings is 2. The van der Waals surface area contributed by atoms with Crippen molar-refractivity contribution in [3.63, 3.8) is 0 Å². The normalized spacial score (nSPS) is 11.0. The van der Waals surface area contributed by atoms with Crippen LogP contribution in [0, 0.1) is 6.92 Å². The van der Waals surface area contributed by atoms with Crippen molar-refractivity contribution in [3.8, 4) is 11.3 Å². The lowest BCUT2D eigenvalue weighted by atomic mass is 10.1. The smallest absolute Gasteiger partial charge is 0.278 e. The predicted molar refractivity (Wildman–Crippen MR) is 94.0 cm³/mol. The van der Waals surface area contributed by atoms with E-state index in [1.54, 1.807) is 10.8 Å². The number of para-hydroxylation sites is 2. The summed E-state index contributed by atoms with van der Waals surface area (Å²) in [5.41, 5.74) is 3.87. The first-order valence-corrected chi connectivity index (χ1v) is 7.81. The van der Waals surface area contributed by atoms with Gasteiger partial charge in [-0.3, -0.25) is 9.36 Å². The Bertz CT molecular complexity index is 1060. The zero-order chi connectivity index (χ0) is 16.5. The maximum Gasteiger partial charge on any atom is 0.278 e. The Morgan fingerprint density at radius 3 is 2.71 bits per heavy atom. The molecule has 4 rings (SSSR count). The van der Waals surface area contributed by atoms with E-state index in [1.807, 2.05) is 67.6 Å². The minimum Gasteiger partial charge on any atom is -0.467 e. The van der Waals surface area contributed by atoms with Crippen LogP contribution < -0.4 is 5.56 Å². The molecular weight excluding hydrogens is 300 g/mol. The number of fused-ring (bicyclic) bond motifs is 1. The second-order valence-electron chi connectivity index (χ2n) is 5.79. The second-order valence-corrected chi connectivity index (χ2v) is 5.79. The maximum absolute atomic E-state index is 13.1. The third-order valence-electron chi connectivity index (χ3n) is 4.04. The van der Waals surface area contributed by atoms with Crippen molar-refractivity contribution in [2.45, 2.75) is 13.5 Å². The molecule has 0 spiro atoms. The van der Waals surface area contributed by atoms with E-state index in [2.05, 4.69) is 4.98 Å². The molecule has 0 amide bonds. The first kappa shape index (κ1) is 14.5. The summed E-state index contributed by atoms with van der Waals surface area (Å²) < 4.78 is 7.15. The van der Waals surface area contributed by atoms with Crippen molar-refractivity contribution < 1.29 is 4.42 Å². The molecule has 0 radical (unpaired) electrons. The highest BCUT2D eigenvalue weighted by Gasteiger charge is 2.13. The van der Waals surface area contributed by atoms with E-state index in [4.69, 9.17) is 4.42 Å². The second kappa shape index (κ2) is 5.81. The van der Waals surface area contributed by atoms with Crippen molar-refractivity contribution in [1.29, 1.82) is 0 Å². The average Bonchev–Trinajstić information content (AvgIpc) is 3.10. The van der Waals surface area contributed by atoms with Crippen molar-refractivity contribution in [2.75, 3.05) is 0 Å². The summed E-state index contributed by atoms with van der Waals surface area (Å²) in [4.78, 5) is 17.7. The van der Waals surface area contributed by atoms with Gasteiger partial charge in [-0.2, -0.15) is 0 Å². The quantitative estimate of drug-likeness (QED) is 0.574. The van der Waals surface area contributed by atoms with Crippen LogP contribution in [-0.4, -0.2) is 9.55 Å². The molecule has 0 aliphatic carbocycles. The summed E-state index contributed by atoms with van der Waals surface area (Å²) in [6.07, 6.45) is 1.62. The molecule has 0 saturated carbocycles. The molecule has 4 nitrogen and oxygen atoms in total. The molecule has 4 aromatic rings. The summed E-state index contributed by atoms with van der Waals surface area (Å²) in [7, 11) is 0. The number of aromatic nitrogens is 2. The van der Waals surface area contributed by atoms with Crippen molar-refractivity contribution in [1.82, 2.24) is 9.55 Å². The van der Waals surface area contributed by atoms with E-state index in [-0.39, 0.29) is 5.56 Å². The lowest BCUT2D eigenvalue weighted by molar-refractivity contribution is 0.493. The lowest BCUT2D eigenvalue weighted by Gasteiger charge is -2.11. The topological polar surface area (TPSA) is 48.0 Å². The van der Waals surface area contributed by atoms with Gasteiger partial charge in [-0.1, -0.05) is 35.9 Å². The Morgan fingerprint density at radius 2 is 1.92 bits per heavy atom. The Kier molecular flexibility index (Phi) is 3.50. The fourth-order valence-electron chi connectivity index (χ4n) is 2.89. The van der Waals surface area contributed by atoms with Gasteiger partial charge in [0.05, 0.1) is 23.8 Å². The lowest BCUT2D eigenvalue weighted by Crippen LogP contribution is -2.24. The molecule has 0 saturated heterocycles. The molecule has 0 bridgehead atoms. The van der Waals surface area contributed by atoms with Gasteiger partial charge in [-0.05, 0) is 37.3 Å². The van der Waals surface area contributed by atoms with Crippen LogP contribution in [0.25, 0.3) is 22.3 Å². The van der Waals surface area contributed by atoms with Gasteiger partial charge >= 0.3 is 0 Å². The molecular formula is C20H16N2O2. The minimum atomic E-state index is -0.115. The third kappa shape index (κ3) is 2.52. The maximum atomic E-state index is 13.1. The molecule has 0 aliphatic rings. The fourth-order valence-corrected chi connectivity index (χ4v) is 2.89. The minimum absolute atomic E-state index is 0.115. The Labute approximate surface area is 139 Å². The van der Waals surface area contributed by atoms with Gasteiger partial charge in [-0.15, -0.1) is 0 Å². The average molecular weight is 316 g/mol. The van der Waals surface area contributed by atoms with Gasteiger partial charge in [0, 0.05) is 5.56 Å². The standard InChI is InChI=1S/C20H16N2O2/c1-14-6-4-7-15(12-14)19-20(23)22(13-16-8-5-11-24-16)18-10-3-2-9-17(18)21-19/h2-12H,13H2,1H3. The summed E-state index contributed by atoms with van der Waals surface area (Å²) in [5.74, 6) is 0.739. The van der Waals surface area contributed by atoms with Crippen molar-refractivity contribution >= 4 is 11.0 Å². The van der Waals surface area contributed by atoms with E-state index in [9.17, 15) is 4.79 Å². The number of aryl methyl sites for hydroxylation is 1. The van der Waals surface area contributed by atoms with Crippen LogP contribution in [0.5, 0.6) is 0 Å². The molecule has 0 unspecified atom stereocenters. The molecule has 118 valence electrons. The van der Waals surface area contributed by atoms with Crippen LogP contribution in [-0.2, 0) is 6.54 Å². The van der Waals surface area contributed by atoms with Gasteiger partial charge < -0.3 is 4.42 Å². The van der Waals surface area contributed by atoms with Crippen LogP contribution in [0.15, 0.2) is 76.1 Å². The molecule has 24 heavy (non-hydrogen) atoms. The number of furan rings is 1. The Hall–Kier alpha value is -3.14. The van der Waals surface area contributed by atoms with Crippen LogP contribution in [0.4, 0.5) is 0 Å². The highest BCUT2D eigenvalue weighted by atomic mass is 16.3. The first-order valence-electron chi connectivity index (χ1n) is 7.81. The van der Waals surface area contributed by atoms with Gasteiger partial charge in [0.1, 0.15) is 11.5 Å². The largest absolute Gasteiger partial charge is 0.467 e. The summed E-state index contributed by atoms with van der Waals surface area (Å²) in [6.45, 7) is 2.39. The van der Waals surface area contributed by atoms with Gasteiger partial charge in [0.25, 0.3) is 5.56 Å². The Balaban J connectivity index is 1.99. The molecule has 0 atom stereocenters. The summed E-state index contributed by atoms with van der Waals surface area (Å²) >= 11 is 0. The monoisotopic (exact) mass is 316 g/mol. The van der Waals surface area contributed by atoms with E-state index < -0.39 is 0 Å². The predicted octanol–water partition coefficient (Wildman–Crippen LogP) is 4.01. The number of hydrogen-bond acceptors (Lipinski definition) is 3. The molecule has 2 heterocycles. The van der Waals surface area contributed by atoms with Gasteiger partial charge in [0.15, 0.2) is 0 Å². The van der Waals surface area contributed by atoms with Crippen LogP contribution in [0.1, 0.15) is 11.3 Å². The third-order valence-corrected chi connectivity index (χ3v) is 4.04. The SMILES string of the molecule is Cc1cccc(-c2nc3ccccc3n(Cc3ccco3)c2=O)c1. The Morgan fingerprint density at radius 1 is 1.04 bits per heavy atom. The van der Waals surface area contributed by atoms with Crippen LogP contribution >= 0.6 is 0 Å². The molecule has 0 fully saturated rings. The number of hydrogen-bond donors (Lipinski definition) is 0. The van der Waals surface area contributed by atoms with Crippen molar-refractivity contribution in [2.24, 2.45) is 0 Å². The number of nitrogens with zero attached hydrogens (tertiary/aromatic N) is 2. The highest BCUT2D eigenvalue weighted by molar-refractivity contribution is 5.78. The molecule has 0 N–H and O–H groups in total. The molecule has 4 heteroatoms. The van der Waals surface area contributed by atoms with Gasteiger partial charge in [0.2, 0.25) is 0 Å². The van der Waals surface area contributed by atoms with E-state index >= 15 is 0 Å². The van der Waals surface area contributed by atoms with Crippen LogP contribution in [0.2, 0.25) is 0 Å². The van der Waals surface area contributed by atoms with E-state index in [0.717, 1.165) is 27.9 Å². The highest BCUT2D eigenvalue weighted by Crippen LogP contribution is 2.19. The van der Waals surface area contributed by atoms with Gasteiger partial charge in [-0.25, -0.2) is 4.98 Å². The van der Waals surface area contributed by atoms with Crippen molar-refractivity contribution in [3.05, 3.63) is 88.6 Å². The zero-order valence-corrected chi connectivity index (χ0v) is 13.3. The summed E-state index contributed by atoms with van der Waals surface area (Å²) in [5, 5.41) is 0. The molecule has 2 aromatic heterocycles. The van der Waals surface area contributed by atoms with E-state index in [0.29, 0.717) is 12.2 Å². The molecule has 0 aliphatic heterocycles. The number of rotatable bonds is 3.